The maximum Gasteiger partial charge on any atom is 0.166 e. The van der Waals surface area contributed by atoms with Crippen LogP contribution in [0.3, 0.4) is 0 Å². The highest BCUT2D eigenvalue weighted by molar-refractivity contribution is 7.80. The van der Waals surface area contributed by atoms with Gasteiger partial charge in [-0.2, -0.15) is 0 Å². The van der Waals surface area contributed by atoms with Gasteiger partial charge >= 0.3 is 0 Å². The first kappa shape index (κ1) is 15.5. The van der Waals surface area contributed by atoms with Crippen LogP contribution in [0.2, 0.25) is 0 Å². The zero-order chi connectivity index (χ0) is 14.9. The molecular weight excluding hydrogens is 276 g/mol. The first-order valence-corrected chi connectivity index (χ1v) is 7.76. The largest absolute Gasteiger partial charge is 0.363 e. The van der Waals surface area contributed by atoms with Crippen molar-refractivity contribution in [3.05, 3.63) is 71.3 Å². The number of benzene rings is 2. The van der Waals surface area contributed by atoms with Gasteiger partial charge in [-0.25, -0.2) is 0 Å². The number of thiocarbonyl (C=S) groups is 1. The van der Waals surface area contributed by atoms with Gasteiger partial charge in [0.15, 0.2) is 5.11 Å². The molecule has 2 aromatic carbocycles. The summed E-state index contributed by atoms with van der Waals surface area (Å²) in [4.78, 5) is 0. The molecule has 0 saturated carbocycles. The summed E-state index contributed by atoms with van der Waals surface area (Å²) >= 11 is 5.29. The standard InChI is InChI=1S/C18H22N2S/c1-15-9-11-17(12-10-15)14-20-18(21)19-13-5-8-16-6-3-2-4-7-16/h2-4,6-7,9-12H,5,8,13-14H2,1H3,(H2,19,20,21). The predicted molar refractivity (Wildman–Crippen MR) is 93.4 cm³/mol. The fourth-order valence-corrected chi connectivity index (χ4v) is 2.26. The van der Waals surface area contributed by atoms with Crippen LogP contribution in [0.4, 0.5) is 0 Å². The molecule has 2 nitrogen and oxygen atoms in total. The Hall–Kier alpha value is -1.87. The molecule has 0 radical (unpaired) electrons. The molecule has 0 atom stereocenters. The lowest BCUT2D eigenvalue weighted by atomic mass is 10.1. The summed E-state index contributed by atoms with van der Waals surface area (Å²) in [6.07, 6.45) is 2.16. The van der Waals surface area contributed by atoms with E-state index in [9.17, 15) is 0 Å². The molecular formula is C18H22N2S. The Morgan fingerprint density at radius 2 is 1.62 bits per heavy atom. The zero-order valence-electron chi connectivity index (χ0n) is 12.4. The van der Waals surface area contributed by atoms with Crippen LogP contribution in [0.5, 0.6) is 0 Å². The molecule has 2 N–H and O–H groups in total. The van der Waals surface area contributed by atoms with Crippen molar-refractivity contribution in [2.75, 3.05) is 6.54 Å². The second kappa shape index (κ2) is 8.42. The van der Waals surface area contributed by atoms with E-state index in [2.05, 4.69) is 66.1 Å². The molecule has 3 heteroatoms. The molecule has 110 valence electrons. The summed E-state index contributed by atoms with van der Waals surface area (Å²) in [5, 5.41) is 7.22. The molecule has 21 heavy (non-hydrogen) atoms. The molecule has 2 aromatic rings. The molecule has 2 rings (SSSR count). The number of hydrogen-bond acceptors (Lipinski definition) is 1. The van der Waals surface area contributed by atoms with Crippen LogP contribution >= 0.6 is 12.2 Å². The van der Waals surface area contributed by atoms with Crippen molar-refractivity contribution in [2.45, 2.75) is 26.3 Å². The van der Waals surface area contributed by atoms with Crippen molar-refractivity contribution in [1.82, 2.24) is 10.6 Å². The average Bonchev–Trinajstić information content (AvgIpc) is 2.52. The summed E-state index contributed by atoms with van der Waals surface area (Å²) in [5.41, 5.74) is 3.90. The fraction of sp³-hybridized carbons (Fsp3) is 0.278. The summed E-state index contributed by atoms with van der Waals surface area (Å²) in [6, 6.07) is 19.0. The third kappa shape index (κ3) is 5.96. The lowest BCUT2D eigenvalue weighted by molar-refractivity contribution is 0.754. The third-order valence-electron chi connectivity index (χ3n) is 3.34. The Bertz CT molecular complexity index is 549. The number of aryl methyl sites for hydroxylation is 2. The van der Waals surface area contributed by atoms with E-state index in [4.69, 9.17) is 12.2 Å². The normalized spacial score (nSPS) is 10.1. The Morgan fingerprint density at radius 3 is 2.33 bits per heavy atom. The maximum absolute atomic E-state index is 5.29. The molecule has 0 heterocycles. The molecule has 0 unspecified atom stereocenters. The SMILES string of the molecule is Cc1ccc(CNC(=S)NCCCc2ccccc2)cc1. The van der Waals surface area contributed by atoms with E-state index < -0.39 is 0 Å². The smallest absolute Gasteiger partial charge is 0.166 e. The van der Waals surface area contributed by atoms with Crippen LogP contribution in [-0.2, 0) is 13.0 Å². The van der Waals surface area contributed by atoms with Crippen molar-refractivity contribution < 1.29 is 0 Å². The maximum atomic E-state index is 5.29. The van der Waals surface area contributed by atoms with Crippen LogP contribution in [-0.4, -0.2) is 11.7 Å². The van der Waals surface area contributed by atoms with Gasteiger partial charge in [-0.1, -0.05) is 60.2 Å². The van der Waals surface area contributed by atoms with Gasteiger partial charge in [0.2, 0.25) is 0 Å². The summed E-state index contributed by atoms with van der Waals surface area (Å²) in [7, 11) is 0. The molecule has 0 aliphatic heterocycles. The van der Waals surface area contributed by atoms with Gasteiger partial charge in [0.25, 0.3) is 0 Å². The lowest BCUT2D eigenvalue weighted by Gasteiger charge is -2.10. The topological polar surface area (TPSA) is 24.1 Å². The van der Waals surface area contributed by atoms with Gasteiger partial charge < -0.3 is 10.6 Å². The highest BCUT2D eigenvalue weighted by atomic mass is 32.1. The first-order valence-electron chi connectivity index (χ1n) is 7.35. The Morgan fingerprint density at radius 1 is 0.905 bits per heavy atom. The van der Waals surface area contributed by atoms with E-state index >= 15 is 0 Å². The van der Waals surface area contributed by atoms with Crippen molar-refractivity contribution in [2.24, 2.45) is 0 Å². The van der Waals surface area contributed by atoms with E-state index in [1.165, 1.54) is 16.7 Å². The van der Waals surface area contributed by atoms with E-state index in [1.807, 2.05) is 6.07 Å². The lowest BCUT2D eigenvalue weighted by Crippen LogP contribution is -2.35. The molecule has 0 saturated heterocycles. The van der Waals surface area contributed by atoms with Gasteiger partial charge in [-0.15, -0.1) is 0 Å². The van der Waals surface area contributed by atoms with Gasteiger partial charge in [0, 0.05) is 13.1 Å². The minimum atomic E-state index is 0.726. The predicted octanol–water partition coefficient (Wildman–Crippen LogP) is 3.59. The van der Waals surface area contributed by atoms with Crippen LogP contribution in [0.15, 0.2) is 54.6 Å². The third-order valence-corrected chi connectivity index (χ3v) is 3.63. The Kier molecular flexibility index (Phi) is 6.22. The van der Waals surface area contributed by atoms with Crippen molar-refractivity contribution in [3.63, 3.8) is 0 Å². The second-order valence-corrected chi connectivity index (χ2v) is 5.59. The Labute approximate surface area is 132 Å². The summed E-state index contributed by atoms with van der Waals surface area (Å²) < 4.78 is 0. The van der Waals surface area contributed by atoms with Gasteiger partial charge in [0.1, 0.15) is 0 Å². The molecule has 0 amide bonds. The molecule has 0 aromatic heterocycles. The molecule has 0 spiro atoms. The van der Waals surface area contributed by atoms with E-state index in [0.717, 1.165) is 31.0 Å². The van der Waals surface area contributed by atoms with E-state index in [-0.39, 0.29) is 0 Å². The van der Waals surface area contributed by atoms with Crippen molar-refractivity contribution >= 4 is 17.3 Å². The molecule has 0 aliphatic carbocycles. The first-order chi connectivity index (χ1) is 10.2. The zero-order valence-corrected chi connectivity index (χ0v) is 13.2. The van der Waals surface area contributed by atoms with Crippen LogP contribution in [0, 0.1) is 6.92 Å². The molecule has 0 fully saturated rings. The van der Waals surface area contributed by atoms with E-state index in [1.54, 1.807) is 0 Å². The highest BCUT2D eigenvalue weighted by Gasteiger charge is 1.97. The van der Waals surface area contributed by atoms with Gasteiger partial charge in [0.05, 0.1) is 0 Å². The Balaban J connectivity index is 1.60. The second-order valence-electron chi connectivity index (χ2n) is 5.18. The summed E-state index contributed by atoms with van der Waals surface area (Å²) in [5.74, 6) is 0. The molecule has 0 aliphatic rings. The van der Waals surface area contributed by atoms with Crippen LogP contribution in [0.25, 0.3) is 0 Å². The number of hydrogen-bond donors (Lipinski definition) is 2. The number of rotatable bonds is 6. The van der Waals surface area contributed by atoms with E-state index in [0.29, 0.717) is 0 Å². The average molecular weight is 298 g/mol. The fourth-order valence-electron chi connectivity index (χ4n) is 2.09. The molecule has 0 bridgehead atoms. The van der Waals surface area contributed by atoms with Crippen LogP contribution < -0.4 is 10.6 Å². The minimum absolute atomic E-state index is 0.726. The quantitative estimate of drug-likeness (QED) is 0.629. The monoisotopic (exact) mass is 298 g/mol. The van der Waals surface area contributed by atoms with Crippen molar-refractivity contribution in [1.29, 1.82) is 0 Å². The minimum Gasteiger partial charge on any atom is -0.363 e. The van der Waals surface area contributed by atoms with Gasteiger partial charge in [-0.05, 0) is 43.1 Å². The number of nitrogens with one attached hydrogen (secondary N) is 2. The van der Waals surface area contributed by atoms with Crippen LogP contribution in [0.1, 0.15) is 23.1 Å². The highest BCUT2D eigenvalue weighted by Crippen LogP contribution is 2.03. The summed E-state index contributed by atoms with van der Waals surface area (Å²) in [6.45, 7) is 3.76. The van der Waals surface area contributed by atoms with Crippen molar-refractivity contribution in [3.8, 4) is 0 Å². The van der Waals surface area contributed by atoms with Gasteiger partial charge in [-0.3, -0.25) is 0 Å².